The van der Waals surface area contributed by atoms with Gasteiger partial charge in [0.05, 0.1) is 12.8 Å². The van der Waals surface area contributed by atoms with Gasteiger partial charge in [0.25, 0.3) is 0 Å². The zero-order valence-electron chi connectivity index (χ0n) is 14.9. The van der Waals surface area contributed by atoms with Crippen molar-refractivity contribution in [3.8, 4) is 5.75 Å². The summed E-state index contributed by atoms with van der Waals surface area (Å²) < 4.78 is 10.6. The normalized spacial score (nSPS) is 18.6. The summed E-state index contributed by atoms with van der Waals surface area (Å²) >= 11 is 6.13. The Labute approximate surface area is 158 Å². The fourth-order valence-electron chi connectivity index (χ4n) is 2.95. The van der Waals surface area contributed by atoms with Crippen molar-refractivity contribution in [2.75, 3.05) is 12.4 Å². The molecule has 2 aromatic carbocycles. The van der Waals surface area contributed by atoms with E-state index in [-0.39, 0.29) is 24.8 Å². The van der Waals surface area contributed by atoms with Gasteiger partial charge in [0.1, 0.15) is 12.4 Å². The summed E-state index contributed by atoms with van der Waals surface area (Å²) in [7, 11) is 1.63. The monoisotopic (exact) mass is 374 g/mol. The molecule has 0 unspecified atom stereocenters. The fourth-order valence-corrected chi connectivity index (χ4v) is 3.10. The summed E-state index contributed by atoms with van der Waals surface area (Å²) in [4.78, 5) is 11.9. The lowest BCUT2D eigenvalue weighted by Crippen LogP contribution is -2.49. The van der Waals surface area contributed by atoms with Gasteiger partial charge in [-0.1, -0.05) is 41.9 Å². The number of halogens is 1. The number of hydrogen-bond acceptors (Lipinski definition) is 4. The van der Waals surface area contributed by atoms with Gasteiger partial charge in [-0.3, -0.25) is 0 Å². The molecule has 0 heterocycles. The van der Waals surface area contributed by atoms with Gasteiger partial charge >= 0.3 is 6.09 Å². The second kappa shape index (κ2) is 8.32. The molecule has 1 saturated carbocycles. The number of carbonyl (C=O) groups is 1. The van der Waals surface area contributed by atoms with Crippen LogP contribution in [0.3, 0.4) is 0 Å². The summed E-state index contributed by atoms with van der Waals surface area (Å²) in [5.41, 5.74) is 2.89. The Bertz CT molecular complexity index is 761. The Balaban J connectivity index is 1.43. The number of benzene rings is 2. The van der Waals surface area contributed by atoms with Crippen LogP contribution in [0.5, 0.6) is 5.75 Å². The molecule has 1 aliphatic rings. The first-order chi connectivity index (χ1) is 12.5. The highest BCUT2D eigenvalue weighted by Crippen LogP contribution is 2.34. The van der Waals surface area contributed by atoms with Crippen molar-refractivity contribution < 1.29 is 14.3 Å². The maximum atomic E-state index is 11.9. The van der Waals surface area contributed by atoms with E-state index < -0.39 is 0 Å². The highest BCUT2D eigenvalue weighted by Gasteiger charge is 2.31. The molecule has 0 spiro atoms. The minimum atomic E-state index is -0.378. The molecule has 0 saturated heterocycles. The van der Waals surface area contributed by atoms with E-state index in [1.165, 1.54) is 0 Å². The molecule has 0 atom stereocenters. The first-order valence-electron chi connectivity index (χ1n) is 8.63. The van der Waals surface area contributed by atoms with Crippen LogP contribution in [0.15, 0.2) is 42.5 Å². The maximum absolute atomic E-state index is 11.9. The summed E-state index contributed by atoms with van der Waals surface area (Å²) in [5, 5.41) is 7.03. The second-order valence-electron chi connectivity index (χ2n) is 6.52. The second-order valence-corrected chi connectivity index (χ2v) is 6.92. The predicted octanol–water partition coefficient (Wildman–Crippen LogP) is 4.53. The molecule has 6 heteroatoms. The van der Waals surface area contributed by atoms with Gasteiger partial charge in [0, 0.05) is 23.2 Å². The number of carbonyl (C=O) groups excluding carboxylic acids is 1. The zero-order valence-corrected chi connectivity index (χ0v) is 15.7. The first-order valence-corrected chi connectivity index (χ1v) is 9.01. The summed E-state index contributed by atoms with van der Waals surface area (Å²) in [6.07, 6.45) is 1.30. The predicted molar refractivity (Wildman–Crippen MR) is 103 cm³/mol. The SMILES string of the molecule is COc1cc(Cl)c(C)cc1NC1CC(NC(=O)OCc2ccccc2)C1. The number of rotatable bonds is 6. The lowest BCUT2D eigenvalue weighted by Gasteiger charge is -2.37. The van der Waals surface area contributed by atoms with E-state index in [0.717, 1.165) is 35.4 Å². The third-order valence-electron chi connectivity index (χ3n) is 4.51. The molecule has 26 heavy (non-hydrogen) atoms. The molecule has 1 amide bonds. The summed E-state index contributed by atoms with van der Waals surface area (Å²) in [6.45, 7) is 2.24. The molecule has 2 aromatic rings. The average molecular weight is 375 g/mol. The van der Waals surface area contributed by atoms with Crippen molar-refractivity contribution in [1.82, 2.24) is 5.32 Å². The molecular formula is C20H23ClN2O3. The summed E-state index contributed by atoms with van der Waals surface area (Å²) in [6, 6.07) is 13.8. The van der Waals surface area contributed by atoms with Crippen LogP contribution in [0, 0.1) is 6.92 Å². The number of ether oxygens (including phenoxy) is 2. The van der Waals surface area contributed by atoms with Crippen molar-refractivity contribution in [3.05, 3.63) is 58.6 Å². The molecule has 0 aliphatic heterocycles. The minimum Gasteiger partial charge on any atom is -0.495 e. The number of nitrogens with one attached hydrogen (secondary N) is 2. The third kappa shape index (κ3) is 4.61. The Hall–Kier alpha value is -2.40. The number of anilines is 1. The highest BCUT2D eigenvalue weighted by atomic mass is 35.5. The van der Waals surface area contributed by atoms with Gasteiger partial charge in [0.15, 0.2) is 0 Å². The van der Waals surface area contributed by atoms with Crippen LogP contribution in [-0.2, 0) is 11.3 Å². The van der Waals surface area contributed by atoms with Gasteiger partial charge in [-0.05, 0) is 37.0 Å². The van der Waals surface area contributed by atoms with Crippen LogP contribution >= 0.6 is 11.6 Å². The number of alkyl carbamates (subject to hydrolysis) is 1. The topological polar surface area (TPSA) is 59.6 Å². The van der Waals surface area contributed by atoms with Gasteiger partial charge in [-0.25, -0.2) is 4.79 Å². The molecule has 0 aromatic heterocycles. The van der Waals surface area contributed by atoms with Crippen LogP contribution in [0.1, 0.15) is 24.0 Å². The quantitative estimate of drug-likeness (QED) is 0.780. The number of methoxy groups -OCH3 is 1. The zero-order chi connectivity index (χ0) is 18.5. The van der Waals surface area contributed by atoms with E-state index >= 15 is 0 Å². The lowest BCUT2D eigenvalue weighted by molar-refractivity contribution is 0.129. The molecular weight excluding hydrogens is 352 g/mol. The maximum Gasteiger partial charge on any atom is 0.407 e. The molecule has 1 aliphatic carbocycles. The van der Waals surface area contributed by atoms with Crippen molar-refractivity contribution in [3.63, 3.8) is 0 Å². The molecule has 0 radical (unpaired) electrons. The van der Waals surface area contributed by atoms with Gasteiger partial charge < -0.3 is 20.1 Å². The highest BCUT2D eigenvalue weighted by molar-refractivity contribution is 6.31. The first kappa shape index (κ1) is 18.4. The minimum absolute atomic E-state index is 0.121. The van der Waals surface area contributed by atoms with E-state index in [9.17, 15) is 4.79 Å². The average Bonchev–Trinajstić information content (AvgIpc) is 2.61. The van der Waals surface area contributed by atoms with Crippen LogP contribution < -0.4 is 15.4 Å². The summed E-state index contributed by atoms with van der Waals surface area (Å²) in [5.74, 6) is 0.722. The fraction of sp³-hybridized carbons (Fsp3) is 0.350. The van der Waals surface area contributed by atoms with Crippen molar-refractivity contribution in [2.24, 2.45) is 0 Å². The molecule has 3 rings (SSSR count). The number of amides is 1. The van der Waals surface area contributed by atoms with E-state index in [4.69, 9.17) is 21.1 Å². The molecule has 0 bridgehead atoms. The van der Waals surface area contributed by atoms with Crippen LogP contribution in [0.4, 0.5) is 10.5 Å². The van der Waals surface area contributed by atoms with Gasteiger partial charge in [0.2, 0.25) is 0 Å². The van der Waals surface area contributed by atoms with Crippen molar-refractivity contribution >= 4 is 23.4 Å². The molecule has 5 nitrogen and oxygen atoms in total. The van der Waals surface area contributed by atoms with E-state index in [2.05, 4.69) is 10.6 Å². The van der Waals surface area contributed by atoms with Crippen molar-refractivity contribution in [1.29, 1.82) is 0 Å². The van der Waals surface area contributed by atoms with Crippen LogP contribution in [-0.4, -0.2) is 25.3 Å². The van der Waals surface area contributed by atoms with Gasteiger partial charge in [-0.15, -0.1) is 0 Å². The number of hydrogen-bond donors (Lipinski definition) is 2. The molecule has 2 N–H and O–H groups in total. The third-order valence-corrected chi connectivity index (χ3v) is 4.92. The van der Waals surface area contributed by atoms with Crippen LogP contribution in [0.25, 0.3) is 0 Å². The molecule has 138 valence electrons. The largest absolute Gasteiger partial charge is 0.495 e. The van der Waals surface area contributed by atoms with E-state index in [1.54, 1.807) is 7.11 Å². The van der Waals surface area contributed by atoms with Crippen molar-refractivity contribution in [2.45, 2.75) is 38.5 Å². The Morgan fingerprint density at radius 2 is 1.92 bits per heavy atom. The smallest absolute Gasteiger partial charge is 0.407 e. The van der Waals surface area contributed by atoms with E-state index in [0.29, 0.717) is 5.02 Å². The molecule has 1 fully saturated rings. The Morgan fingerprint density at radius 1 is 1.19 bits per heavy atom. The van der Waals surface area contributed by atoms with E-state index in [1.807, 2.05) is 49.4 Å². The van der Waals surface area contributed by atoms with Gasteiger partial charge in [-0.2, -0.15) is 0 Å². The lowest BCUT2D eigenvalue weighted by atomic mass is 9.86. The number of aryl methyl sites for hydroxylation is 1. The van der Waals surface area contributed by atoms with Crippen LogP contribution in [0.2, 0.25) is 5.02 Å². The Kier molecular flexibility index (Phi) is 5.89. The standard InChI is InChI=1S/C20H23ClN2O3/c1-13-8-18(19(25-2)11-17(13)21)22-15-9-16(10-15)23-20(24)26-12-14-6-4-3-5-7-14/h3-8,11,15-16,22H,9-10,12H2,1-2H3,(H,23,24). The Morgan fingerprint density at radius 3 is 2.62 bits per heavy atom.